The van der Waals surface area contributed by atoms with Crippen LogP contribution in [-0.4, -0.2) is 21.4 Å². The van der Waals surface area contributed by atoms with Gasteiger partial charge in [-0.3, -0.25) is 4.79 Å². The van der Waals surface area contributed by atoms with Crippen molar-refractivity contribution in [3.05, 3.63) is 41.7 Å². The Hall–Kier alpha value is -2.26. The fourth-order valence-corrected chi connectivity index (χ4v) is 2.46. The number of nitrogens with zero attached hydrogens (tertiary/aromatic N) is 3. The number of nitriles is 1. The minimum atomic E-state index is -0.538. The monoisotopic (exact) mass is 272 g/mol. The minimum absolute atomic E-state index is 0.317. The van der Waals surface area contributed by atoms with Gasteiger partial charge in [-0.2, -0.15) is 10.4 Å². The van der Waals surface area contributed by atoms with Gasteiger partial charge in [0.1, 0.15) is 6.07 Å². The maximum atomic E-state index is 11.1. The maximum absolute atomic E-state index is 11.1. The van der Waals surface area contributed by atoms with Gasteiger partial charge in [0.05, 0.1) is 23.0 Å². The van der Waals surface area contributed by atoms with Gasteiger partial charge < -0.3 is 5.73 Å². The summed E-state index contributed by atoms with van der Waals surface area (Å²) in [5, 5.41) is 13.4. The molecule has 2 N–H and O–H groups in total. The van der Waals surface area contributed by atoms with Gasteiger partial charge in [0.15, 0.2) is 0 Å². The van der Waals surface area contributed by atoms with Crippen LogP contribution in [0.3, 0.4) is 0 Å². The van der Waals surface area contributed by atoms with Crippen LogP contribution in [-0.2, 0) is 0 Å². The maximum Gasteiger partial charge on any atom is 0.251 e. The van der Waals surface area contributed by atoms with Crippen molar-refractivity contribution in [1.29, 1.82) is 5.26 Å². The smallest absolute Gasteiger partial charge is 0.251 e. The average molecular weight is 272 g/mol. The summed E-state index contributed by atoms with van der Waals surface area (Å²) in [6.07, 6.45) is 2.92. The Morgan fingerprint density at radius 3 is 2.95 bits per heavy atom. The topological polar surface area (TPSA) is 84.7 Å². The third kappa shape index (κ3) is 2.61. The summed E-state index contributed by atoms with van der Waals surface area (Å²) in [5.74, 6) is 0.341. The third-order valence-electron chi connectivity index (χ3n) is 2.53. The number of primary amides is 1. The van der Waals surface area contributed by atoms with E-state index >= 15 is 0 Å². The highest BCUT2D eigenvalue weighted by atomic mass is 32.2. The van der Waals surface area contributed by atoms with Crippen molar-refractivity contribution < 1.29 is 4.79 Å². The quantitative estimate of drug-likeness (QED) is 0.862. The molecule has 0 aliphatic heterocycles. The van der Waals surface area contributed by atoms with Crippen LogP contribution < -0.4 is 5.73 Å². The summed E-state index contributed by atoms with van der Waals surface area (Å²) in [5.41, 5.74) is 6.71. The Labute approximate surface area is 115 Å². The molecule has 96 valence electrons. The summed E-state index contributed by atoms with van der Waals surface area (Å²) < 4.78 is 1.50. The van der Waals surface area contributed by atoms with Crippen molar-refractivity contribution in [1.82, 2.24) is 9.78 Å². The number of hydrogen-bond acceptors (Lipinski definition) is 4. The van der Waals surface area contributed by atoms with E-state index in [0.29, 0.717) is 16.8 Å². The molecule has 0 saturated heterocycles. The summed E-state index contributed by atoms with van der Waals surface area (Å²) in [4.78, 5) is 12.0. The Kier molecular flexibility index (Phi) is 3.88. The van der Waals surface area contributed by atoms with Gasteiger partial charge in [-0.15, -0.1) is 11.8 Å². The number of carbonyl (C=O) groups excluding carboxylic acids is 1. The zero-order valence-corrected chi connectivity index (χ0v) is 11.1. The molecule has 19 heavy (non-hydrogen) atoms. The molecule has 0 atom stereocenters. The molecule has 1 amide bonds. The first-order valence-corrected chi connectivity index (χ1v) is 6.66. The van der Waals surface area contributed by atoms with Gasteiger partial charge in [0.25, 0.3) is 5.91 Å². The SMILES string of the molecule is CCSc1cccc(-n2cc(C(N)=O)cn2)c1C#N. The van der Waals surface area contributed by atoms with Crippen molar-refractivity contribution in [3.63, 3.8) is 0 Å². The molecular formula is C13H12N4OS. The first kappa shape index (κ1) is 13.2. The van der Waals surface area contributed by atoms with Gasteiger partial charge in [-0.25, -0.2) is 4.68 Å². The lowest BCUT2D eigenvalue weighted by molar-refractivity contribution is 0.100. The Morgan fingerprint density at radius 2 is 2.37 bits per heavy atom. The molecule has 1 heterocycles. The van der Waals surface area contributed by atoms with E-state index < -0.39 is 5.91 Å². The van der Waals surface area contributed by atoms with Crippen LogP contribution in [0.2, 0.25) is 0 Å². The molecule has 0 bridgehead atoms. The zero-order chi connectivity index (χ0) is 13.8. The normalized spacial score (nSPS) is 10.1. The predicted molar refractivity (Wildman–Crippen MR) is 73.2 cm³/mol. The number of benzene rings is 1. The van der Waals surface area contributed by atoms with Gasteiger partial charge in [0.2, 0.25) is 0 Å². The molecule has 5 nitrogen and oxygen atoms in total. The molecule has 0 spiro atoms. The largest absolute Gasteiger partial charge is 0.366 e. The summed E-state index contributed by atoms with van der Waals surface area (Å²) in [6, 6.07) is 7.73. The second-order valence-electron chi connectivity index (χ2n) is 3.73. The second kappa shape index (κ2) is 5.59. The van der Waals surface area contributed by atoms with Crippen molar-refractivity contribution in [2.45, 2.75) is 11.8 Å². The predicted octanol–water partition coefficient (Wildman–Crippen LogP) is 1.95. The van der Waals surface area contributed by atoms with Crippen molar-refractivity contribution in [2.24, 2.45) is 5.73 Å². The number of amides is 1. The number of carbonyl (C=O) groups is 1. The molecule has 2 rings (SSSR count). The number of hydrogen-bond donors (Lipinski definition) is 1. The van der Waals surface area contributed by atoms with Crippen molar-refractivity contribution in [3.8, 4) is 11.8 Å². The van der Waals surface area contributed by atoms with E-state index in [1.54, 1.807) is 17.8 Å². The van der Waals surface area contributed by atoms with E-state index in [4.69, 9.17) is 5.73 Å². The Morgan fingerprint density at radius 1 is 1.58 bits per heavy atom. The van der Waals surface area contributed by atoms with E-state index in [-0.39, 0.29) is 0 Å². The average Bonchev–Trinajstić information content (AvgIpc) is 2.88. The number of rotatable bonds is 4. The second-order valence-corrected chi connectivity index (χ2v) is 5.04. The summed E-state index contributed by atoms with van der Waals surface area (Å²) in [7, 11) is 0. The fraction of sp³-hybridized carbons (Fsp3) is 0.154. The van der Waals surface area contributed by atoms with Crippen LogP contribution in [0.15, 0.2) is 35.5 Å². The van der Waals surface area contributed by atoms with Crippen LogP contribution in [0.25, 0.3) is 5.69 Å². The van der Waals surface area contributed by atoms with E-state index in [2.05, 4.69) is 11.2 Å². The van der Waals surface area contributed by atoms with E-state index in [1.807, 2.05) is 19.1 Å². The fourth-order valence-electron chi connectivity index (χ4n) is 1.68. The molecule has 6 heteroatoms. The number of nitrogens with two attached hydrogens (primary N) is 1. The highest BCUT2D eigenvalue weighted by Crippen LogP contribution is 2.26. The highest BCUT2D eigenvalue weighted by molar-refractivity contribution is 7.99. The highest BCUT2D eigenvalue weighted by Gasteiger charge is 2.12. The molecule has 0 unspecified atom stereocenters. The Balaban J connectivity index is 2.52. The summed E-state index contributed by atoms with van der Waals surface area (Å²) >= 11 is 1.59. The number of thioether (sulfide) groups is 1. The lowest BCUT2D eigenvalue weighted by Gasteiger charge is -2.08. The molecule has 1 aromatic heterocycles. The number of aromatic nitrogens is 2. The van der Waals surface area contributed by atoms with Crippen LogP contribution in [0, 0.1) is 11.3 Å². The molecule has 0 aliphatic rings. The Bertz CT molecular complexity index is 657. The van der Waals surface area contributed by atoms with E-state index in [1.165, 1.54) is 17.1 Å². The van der Waals surface area contributed by atoms with Crippen LogP contribution in [0.4, 0.5) is 0 Å². The summed E-state index contributed by atoms with van der Waals surface area (Å²) in [6.45, 7) is 2.03. The first-order chi connectivity index (χ1) is 9.17. The lowest BCUT2D eigenvalue weighted by Crippen LogP contribution is -2.09. The van der Waals surface area contributed by atoms with E-state index in [9.17, 15) is 10.1 Å². The lowest BCUT2D eigenvalue weighted by atomic mass is 10.2. The molecule has 0 aliphatic carbocycles. The molecule has 0 fully saturated rings. The van der Waals surface area contributed by atoms with Gasteiger partial charge in [0, 0.05) is 11.1 Å². The minimum Gasteiger partial charge on any atom is -0.366 e. The van der Waals surface area contributed by atoms with Crippen molar-refractivity contribution in [2.75, 3.05) is 5.75 Å². The zero-order valence-electron chi connectivity index (χ0n) is 10.3. The van der Waals surface area contributed by atoms with Crippen molar-refractivity contribution >= 4 is 17.7 Å². The molecule has 1 aromatic carbocycles. The molecule has 0 radical (unpaired) electrons. The van der Waals surface area contributed by atoms with Gasteiger partial charge >= 0.3 is 0 Å². The van der Waals surface area contributed by atoms with Gasteiger partial charge in [-0.1, -0.05) is 13.0 Å². The molecule has 0 saturated carbocycles. The van der Waals surface area contributed by atoms with Crippen LogP contribution in [0.1, 0.15) is 22.8 Å². The third-order valence-corrected chi connectivity index (χ3v) is 3.47. The molecular weight excluding hydrogens is 260 g/mol. The van der Waals surface area contributed by atoms with E-state index in [0.717, 1.165) is 10.6 Å². The van der Waals surface area contributed by atoms with Crippen LogP contribution >= 0.6 is 11.8 Å². The van der Waals surface area contributed by atoms with Gasteiger partial charge in [-0.05, 0) is 17.9 Å². The molecule has 2 aromatic rings. The first-order valence-electron chi connectivity index (χ1n) is 5.68. The standard InChI is InChI=1S/C13H12N4OS/c1-2-19-12-5-3-4-11(10(12)6-14)17-8-9(7-16-17)13(15)18/h3-5,7-8H,2H2,1H3,(H2,15,18). The van der Waals surface area contributed by atoms with Crippen LogP contribution in [0.5, 0.6) is 0 Å².